The zero-order valence-corrected chi connectivity index (χ0v) is 14.2. The lowest BCUT2D eigenvalue weighted by Gasteiger charge is -2.33. The maximum Gasteiger partial charge on any atom is 0.224 e. The Morgan fingerprint density at radius 3 is 2.19 bits per heavy atom. The first-order valence-corrected chi connectivity index (χ1v) is 8.03. The molecule has 2 unspecified atom stereocenters. The molecular formula is C17H27ClN2O. The van der Waals surface area contributed by atoms with Crippen LogP contribution in [-0.4, -0.2) is 18.5 Å². The summed E-state index contributed by atoms with van der Waals surface area (Å²) < 4.78 is 0. The van der Waals surface area contributed by atoms with Crippen molar-refractivity contribution in [1.29, 1.82) is 0 Å². The van der Waals surface area contributed by atoms with Crippen LogP contribution in [0, 0.1) is 5.92 Å². The highest BCUT2D eigenvalue weighted by atomic mass is 35.5. The molecule has 3 nitrogen and oxygen atoms in total. The van der Waals surface area contributed by atoms with Crippen LogP contribution in [0.4, 0.5) is 0 Å². The molecule has 0 heterocycles. The van der Waals surface area contributed by atoms with Gasteiger partial charge in [0.1, 0.15) is 0 Å². The van der Waals surface area contributed by atoms with Crippen LogP contribution in [0.25, 0.3) is 0 Å². The molecule has 0 aromatic heterocycles. The lowest BCUT2D eigenvalue weighted by atomic mass is 9.75. The molecule has 1 amide bonds. The first-order chi connectivity index (χ1) is 9.86. The van der Waals surface area contributed by atoms with Crippen molar-refractivity contribution >= 4 is 17.5 Å². The van der Waals surface area contributed by atoms with Gasteiger partial charge in [-0.15, -0.1) is 0 Å². The number of hydrogen-bond acceptors (Lipinski definition) is 2. The fourth-order valence-corrected chi connectivity index (χ4v) is 2.60. The zero-order valence-electron chi connectivity index (χ0n) is 13.4. The Kier molecular flexibility index (Phi) is 6.69. The van der Waals surface area contributed by atoms with E-state index in [4.69, 9.17) is 17.3 Å². The number of carbonyl (C=O) groups excluding carboxylic acids is 1. The number of nitrogens with two attached hydrogens (primary N) is 1. The second-order valence-electron chi connectivity index (χ2n) is 5.86. The molecule has 0 aliphatic heterocycles. The van der Waals surface area contributed by atoms with Gasteiger partial charge in [0.15, 0.2) is 0 Å². The maximum absolute atomic E-state index is 12.1. The molecule has 0 saturated heterocycles. The quantitative estimate of drug-likeness (QED) is 0.810. The summed E-state index contributed by atoms with van der Waals surface area (Å²) in [6.07, 6.45) is 1.91. The van der Waals surface area contributed by atoms with Crippen LogP contribution in [0.15, 0.2) is 24.3 Å². The summed E-state index contributed by atoms with van der Waals surface area (Å²) in [5.41, 5.74) is 6.95. The molecule has 0 saturated carbocycles. The molecule has 3 N–H and O–H groups in total. The average molecular weight is 311 g/mol. The maximum atomic E-state index is 12.1. The normalized spacial score (nSPS) is 14.6. The van der Waals surface area contributed by atoms with Gasteiger partial charge in [-0.25, -0.2) is 0 Å². The van der Waals surface area contributed by atoms with Crippen LogP contribution in [0.1, 0.15) is 46.1 Å². The zero-order chi connectivity index (χ0) is 16.0. The first kappa shape index (κ1) is 18.0. The number of hydrogen-bond donors (Lipinski definition) is 2. The molecule has 0 aliphatic rings. The van der Waals surface area contributed by atoms with Gasteiger partial charge < -0.3 is 11.1 Å². The van der Waals surface area contributed by atoms with Crippen molar-refractivity contribution in [3.63, 3.8) is 0 Å². The number of amides is 1. The van der Waals surface area contributed by atoms with E-state index in [0.717, 1.165) is 17.9 Å². The molecule has 1 aromatic rings. The Labute approximate surface area is 133 Å². The number of benzene rings is 1. The van der Waals surface area contributed by atoms with E-state index in [1.165, 1.54) is 5.56 Å². The van der Waals surface area contributed by atoms with Gasteiger partial charge in [0.2, 0.25) is 5.91 Å². The standard InChI is InChI=1S/C17H27ClN2O/c1-5-17(6-2,14-7-9-15(18)10-8-14)11-20-16(21)12(3)13(4)19/h7-10,12-13H,5-6,11,19H2,1-4H3,(H,20,21). The summed E-state index contributed by atoms with van der Waals surface area (Å²) in [5.74, 6) is -0.160. The average Bonchev–Trinajstić information content (AvgIpc) is 2.49. The lowest BCUT2D eigenvalue weighted by Crippen LogP contribution is -2.45. The number of carbonyl (C=O) groups is 1. The van der Waals surface area contributed by atoms with Gasteiger partial charge in [0.25, 0.3) is 0 Å². The van der Waals surface area contributed by atoms with Crippen LogP contribution in [-0.2, 0) is 10.2 Å². The minimum Gasteiger partial charge on any atom is -0.355 e. The smallest absolute Gasteiger partial charge is 0.224 e. The Morgan fingerprint density at radius 1 is 1.24 bits per heavy atom. The van der Waals surface area contributed by atoms with Crippen molar-refractivity contribution in [2.24, 2.45) is 11.7 Å². The molecule has 118 valence electrons. The van der Waals surface area contributed by atoms with Gasteiger partial charge in [0.05, 0.1) is 0 Å². The van der Waals surface area contributed by atoms with E-state index < -0.39 is 0 Å². The van der Waals surface area contributed by atoms with Crippen molar-refractivity contribution < 1.29 is 4.79 Å². The van der Waals surface area contributed by atoms with Crippen LogP contribution in [0.3, 0.4) is 0 Å². The topological polar surface area (TPSA) is 55.1 Å². The summed E-state index contributed by atoms with van der Waals surface area (Å²) in [6, 6.07) is 7.78. The molecule has 0 radical (unpaired) electrons. The molecular weight excluding hydrogens is 284 g/mol. The minimum atomic E-state index is -0.179. The third-order valence-electron chi connectivity index (χ3n) is 4.61. The Bertz CT molecular complexity index is 452. The summed E-state index contributed by atoms with van der Waals surface area (Å²) in [7, 11) is 0. The number of nitrogens with one attached hydrogen (secondary N) is 1. The molecule has 1 aromatic carbocycles. The van der Waals surface area contributed by atoms with Gasteiger partial charge >= 0.3 is 0 Å². The minimum absolute atomic E-state index is 0.0187. The first-order valence-electron chi connectivity index (χ1n) is 7.65. The highest BCUT2D eigenvalue weighted by molar-refractivity contribution is 6.30. The summed E-state index contributed by atoms with van der Waals surface area (Å²) >= 11 is 5.97. The molecule has 0 aliphatic carbocycles. The Morgan fingerprint density at radius 2 is 1.76 bits per heavy atom. The molecule has 0 spiro atoms. The summed E-state index contributed by atoms with van der Waals surface area (Å²) in [5, 5.41) is 3.80. The van der Waals surface area contributed by atoms with E-state index in [-0.39, 0.29) is 23.3 Å². The second-order valence-corrected chi connectivity index (χ2v) is 6.30. The van der Waals surface area contributed by atoms with Gasteiger partial charge in [-0.2, -0.15) is 0 Å². The van der Waals surface area contributed by atoms with Crippen LogP contribution in [0.5, 0.6) is 0 Å². The Hall–Kier alpha value is -1.06. The lowest BCUT2D eigenvalue weighted by molar-refractivity contribution is -0.125. The van der Waals surface area contributed by atoms with Gasteiger partial charge in [-0.1, -0.05) is 44.5 Å². The molecule has 4 heteroatoms. The van der Waals surface area contributed by atoms with E-state index in [2.05, 4.69) is 31.3 Å². The number of halogens is 1. The van der Waals surface area contributed by atoms with Crippen molar-refractivity contribution in [3.8, 4) is 0 Å². The van der Waals surface area contributed by atoms with Gasteiger partial charge in [0, 0.05) is 28.9 Å². The Balaban J connectivity index is 2.86. The number of rotatable bonds is 7. The largest absolute Gasteiger partial charge is 0.355 e. The monoisotopic (exact) mass is 310 g/mol. The van der Waals surface area contributed by atoms with E-state index in [1.54, 1.807) is 0 Å². The molecule has 1 rings (SSSR count). The third kappa shape index (κ3) is 4.45. The SMILES string of the molecule is CCC(CC)(CNC(=O)C(C)C(C)N)c1ccc(Cl)cc1. The van der Waals surface area contributed by atoms with Crippen molar-refractivity contribution in [2.75, 3.05) is 6.54 Å². The third-order valence-corrected chi connectivity index (χ3v) is 4.87. The van der Waals surface area contributed by atoms with E-state index in [0.29, 0.717) is 6.54 Å². The van der Waals surface area contributed by atoms with Gasteiger partial charge in [-0.3, -0.25) is 4.79 Å². The molecule has 0 bridgehead atoms. The van der Waals surface area contributed by atoms with E-state index in [9.17, 15) is 4.79 Å². The highest BCUT2D eigenvalue weighted by Crippen LogP contribution is 2.31. The fourth-order valence-electron chi connectivity index (χ4n) is 2.47. The van der Waals surface area contributed by atoms with Gasteiger partial charge in [-0.05, 0) is 37.5 Å². The van der Waals surface area contributed by atoms with E-state index in [1.807, 2.05) is 26.0 Å². The van der Waals surface area contributed by atoms with Crippen molar-refractivity contribution in [3.05, 3.63) is 34.9 Å². The summed E-state index contributed by atoms with van der Waals surface area (Å²) in [4.78, 5) is 12.1. The van der Waals surface area contributed by atoms with E-state index >= 15 is 0 Å². The fraction of sp³-hybridized carbons (Fsp3) is 0.588. The summed E-state index contributed by atoms with van der Waals surface area (Å²) in [6.45, 7) is 8.65. The second kappa shape index (κ2) is 7.81. The van der Waals surface area contributed by atoms with Crippen LogP contribution >= 0.6 is 11.6 Å². The van der Waals surface area contributed by atoms with Crippen LogP contribution < -0.4 is 11.1 Å². The molecule has 21 heavy (non-hydrogen) atoms. The molecule has 0 fully saturated rings. The molecule has 2 atom stereocenters. The predicted molar refractivity (Wildman–Crippen MR) is 89.5 cm³/mol. The van der Waals surface area contributed by atoms with Crippen molar-refractivity contribution in [2.45, 2.75) is 52.0 Å². The van der Waals surface area contributed by atoms with Crippen LogP contribution in [0.2, 0.25) is 5.02 Å². The predicted octanol–water partition coefficient (Wildman–Crippen LogP) is 3.50. The highest BCUT2D eigenvalue weighted by Gasteiger charge is 2.30. The van der Waals surface area contributed by atoms with Crippen molar-refractivity contribution in [1.82, 2.24) is 5.32 Å².